The number of aromatic nitrogens is 3. The molecule has 13 heteroatoms. The van der Waals surface area contributed by atoms with E-state index in [4.69, 9.17) is 9.90 Å². The van der Waals surface area contributed by atoms with Crippen LogP contribution in [0.1, 0.15) is 23.7 Å². The number of aliphatic carboxylic acids is 1. The van der Waals surface area contributed by atoms with Gasteiger partial charge in [0.1, 0.15) is 0 Å². The molecular formula is C20H24F3N5O4S. The minimum Gasteiger partial charge on any atom is -0.475 e. The van der Waals surface area contributed by atoms with E-state index in [2.05, 4.69) is 44.0 Å². The van der Waals surface area contributed by atoms with Gasteiger partial charge in [0.15, 0.2) is 0 Å². The van der Waals surface area contributed by atoms with E-state index >= 15 is 0 Å². The van der Waals surface area contributed by atoms with Crippen LogP contribution in [0.5, 0.6) is 0 Å². The van der Waals surface area contributed by atoms with Gasteiger partial charge in [-0.25, -0.2) is 17.9 Å². The second-order valence-electron chi connectivity index (χ2n) is 7.70. The molecule has 0 spiro atoms. The van der Waals surface area contributed by atoms with Crippen molar-refractivity contribution in [3.63, 3.8) is 0 Å². The summed E-state index contributed by atoms with van der Waals surface area (Å²) in [7, 11) is -3.17. The number of fused-ring (bicyclic) bond motifs is 2. The maximum absolute atomic E-state index is 11.3. The van der Waals surface area contributed by atoms with Crippen molar-refractivity contribution in [2.45, 2.75) is 31.7 Å². The van der Waals surface area contributed by atoms with Crippen molar-refractivity contribution in [3.8, 4) is 0 Å². The van der Waals surface area contributed by atoms with Gasteiger partial charge in [-0.3, -0.25) is 9.58 Å². The van der Waals surface area contributed by atoms with Gasteiger partial charge in [-0.2, -0.15) is 18.3 Å². The maximum atomic E-state index is 11.3. The lowest BCUT2D eigenvalue weighted by Gasteiger charge is -2.34. The molecule has 9 nitrogen and oxygen atoms in total. The Labute approximate surface area is 188 Å². The second kappa shape index (κ2) is 9.93. The summed E-state index contributed by atoms with van der Waals surface area (Å²) >= 11 is 0. The van der Waals surface area contributed by atoms with Crippen LogP contribution in [0.25, 0.3) is 10.9 Å². The van der Waals surface area contributed by atoms with Crippen molar-refractivity contribution >= 4 is 26.9 Å². The van der Waals surface area contributed by atoms with Gasteiger partial charge in [-0.1, -0.05) is 12.1 Å². The average Bonchev–Trinajstić information content (AvgIpc) is 3.36. The molecule has 0 saturated carbocycles. The fraction of sp³-hybridized carbons (Fsp3) is 0.400. The van der Waals surface area contributed by atoms with Crippen LogP contribution in [0.2, 0.25) is 0 Å². The van der Waals surface area contributed by atoms with E-state index in [0.717, 1.165) is 25.2 Å². The molecule has 0 radical (unpaired) electrons. The van der Waals surface area contributed by atoms with Crippen LogP contribution in [0, 0.1) is 0 Å². The molecule has 0 fully saturated rings. The molecule has 33 heavy (non-hydrogen) atoms. The van der Waals surface area contributed by atoms with Gasteiger partial charge >= 0.3 is 12.1 Å². The summed E-state index contributed by atoms with van der Waals surface area (Å²) in [6.45, 7) is 2.97. The second-order valence-corrected chi connectivity index (χ2v) is 9.54. The molecule has 0 bridgehead atoms. The van der Waals surface area contributed by atoms with Crippen molar-refractivity contribution in [1.29, 1.82) is 0 Å². The topological polar surface area (TPSA) is 120 Å². The van der Waals surface area contributed by atoms with Crippen LogP contribution < -0.4 is 4.72 Å². The predicted molar refractivity (Wildman–Crippen MR) is 115 cm³/mol. The van der Waals surface area contributed by atoms with Crippen LogP contribution in [0.3, 0.4) is 0 Å². The van der Waals surface area contributed by atoms with Gasteiger partial charge in [-0.05, 0) is 30.2 Å². The number of nitrogens with one attached hydrogen (secondary N) is 2. The van der Waals surface area contributed by atoms with Crippen LogP contribution in [-0.4, -0.2) is 64.7 Å². The monoisotopic (exact) mass is 487 g/mol. The smallest absolute Gasteiger partial charge is 0.475 e. The number of rotatable bonds is 6. The van der Waals surface area contributed by atoms with E-state index in [9.17, 15) is 21.6 Å². The number of carboxylic acids is 1. The number of hydrogen-bond donors (Lipinski definition) is 3. The zero-order valence-electron chi connectivity index (χ0n) is 17.7. The molecule has 2 aromatic heterocycles. The summed E-state index contributed by atoms with van der Waals surface area (Å²) in [6, 6.07) is 10.7. The molecular weight excluding hydrogens is 463 g/mol. The number of halogens is 3. The maximum Gasteiger partial charge on any atom is 0.490 e. The lowest BCUT2D eigenvalue weighted by molar-refractivity contribution is -0.192. The first-order valence-electron chi connectivity index (χ1n) is 9.98. The molecule has 3 heterocycles. The molecule has 4 rings (SSSR count). The summed E-state index contributed by atoms with van der Waals surface area (Å²) in [5.74, 6) is -2.76. The first-order valence-corrected chi connectivity index (χ1v) is 11.9. The average molecular weight is 488 g/mol. The number of nitrogens with zero attached hydrogens (tertiary/aromatic N) is 3. The van der Waals surface area contributed by atoms with E-state index in [1.54, 1.807) is 0 Å². The fourth-order valence-electron chi connectivity index (χ4n) is 3.74. The van der Waals surface area contributed by atoms with Crippen molar-refractivity contribution in [1.82, 2.24) is 24.4 Å². The van der Waals surface area contributed by atoms with Gasteiger partial charge in [-0.15, -0.1) is 0 Å². The van der Waals surface area contributed by atoms with Crippen LogP contribution in [0.4, 0.5) is 13.2 Å². The predicted octanol–water partition coefficient (Wildman–Crippen LogP) is 2.49. The molecule has 1 aromatic carbocycles. The molecule has 1 atom stereocenters. The first kappa shape index (κ1) is 24.7. The van der Waals surface area contributed by atoms with Gasteiger partial charge in [0.25, 0.3) is 0 Å². The highest BCUT2D eigenvalue weighted by Gasteiger charge is 2.38. The summed E-state index contributed by atoms with van der Waals surface area (Å²) < 4.78 is 59.0. The summed E-state index contributed by atoms with van der Waals surface area (Å²) in [5, 5.41) is 12.8. The molecule has 1 unspecified atom stereocenters. The SMILES string of the molecule is CS(=O)(=O)NCCC1CN(Cc2cccc3[nH]ccc23)Cc2ccnn21.O=C(O)C(F)(F)F. The van der Waals surface area contributed by atoms with Gasteiger partial charge in [0.05, 0.1) is 18.0 Å². The number of aromatic amines is 1. The summed E-state index contributed by atoms with van der Waals surface area (Å²) in [6.07, 6.45) is 0.617. The molecule has 0 saturated heterocycles. The molecule has 0 aliphatic carbocycles. The number of H-pyrrole nitrogens is 1. The third-order valence-corrected chi connectivity index (χ3v) is 5.84. The van der Waals surface area contributed by atoms with Gasteiger partial charge < -0.3 is 10.1 Å². The lowest BCUT2D eigenvalue weighted by Crippen LogP contribution is -2.38. The van der Waals surface area contributed by atoms with Gasteiger partial charge in [0.2, 0.25) is 10.0 Å². The zero-order chi connectivity index (χ0) is 24.2. The molecule has 1 aliphatic rings. The number of alkyl halides is 3. The lowest BCUT2D eigenvalue weighted by atomic mass is 10.1. The van der Waals surface area contributed by atoms with E-state index in [0.29, 0.717) is 13.0 Å². The Bertz CT molecular complexity index is 1210. The molecule has 3 aromatic rings. The third-order valence-electron chi connectivity index (χ3n) is 5.12. The minimum absolute atomic E-state index is 0.161. The van der Waals surface area contributed by atoms with E-state index in [-0.39, 0.29) is 6.04 Å². The van der Waals surface area contributed by atoms with Crippen LogP contribution >= 0.6 is 0 Å². The number of carbonyl (C=O) groups is 1. The summed E-state index contributed by atoms with van der Waals surface area (Å²) in [5.41, 5.74) is 3.62. The minimum atomic E-state index is -5.08. The highest BCUT2D eigenvalue weighted by Crippen LogP contribution is 2.26. The highest BCUT2D eigenvalue weighted by molar-refractivity contribution is 7.88. The largest absolute Gasteiger partial charge is 0.490 e. The summed E-state index contributed by atoms with van der Waals surface area (Å²) in [4.78, 5) is 14.6. The number of hydrogen-bond acceptors (Lipinski definition) is 5. The van der Waals surface area contributed by atoms with Crippen molar-refractivity contribution in [3.05, 3.63) is 54.0 Å². The fourth-order valence-corrected chi connectivity index (χ4v) is 4.23. The normalized spacial score (nSPS) is 16.8. The molecule has 1 aliphatic heterocycles. The van der Waals surface area contributed by atoms with E-state index in [1.165, 1.54) is 22.9 Å². The van der Waals surface area contributed by atoms with Gasteiger partial charge in [0, 0.05) is 49.5 Å². The van der Waals surface area contributed by atoms with Crippen molar-refractivity contribution in [2.24, 2.45) is 0 Å². The Hall–Kier alpha value is -2.90. The molecule has 180 valence electrons. The Morgan fingerprint density at radius 3 is 2.70 bits per heavy atom. The molecule has 3 N–H and O–H groups in total. The third kappa shape index (κ3) is 6.79. The number of benzene rings is 1. The number of sulfonamides is 1. The van der Waals surface area contributed by atoms with Crippen LogP contribution in [-0.2, 0) is 27.9 Å². The van der Waals surface area contributed by atoms with E-state index in [1.807, 2.05) is 23.1 Å². The standard InChI is InChI=1S/C18H23N5O2S.C2HF3O2/c1-26(24,25)21-10-6-16-13-22(12-15-5-9-20-23(15)16)11-14-3-2-4-18-17(14)7-8-19-18;3-2(4,5)1(6)7/h2-5,7-9,16,19,21H,6,10-13H2,1H3;(H,6,7). The van der Waals surface area contributed by atoms with E-state index < -0.39 is 22.2 Å². The first-order chi connectivity index (χ1) is 15.4. The van der Waals surface area contributed by atoms with Crippen molar-refractivity contribution in [2.75, 3.05) is 19.3 Å². The highest BCUT2D eigenvalue weighted by atomic mass is 32.2. The van der Waals surface area contributed by atoms with Crippen LogP contribution in [0.15, 0.2) is 42.7 Å². The van der Waals surface area contributed by atoms with Crippen molar-refractivity contribution < 1.29 is 31.5 Å². The quantitative estimate of drug-likeness (QED) is 0.492. The zero-order valence-corrected chi connectivity index (χ0v) is 18.5. The Kier molecular flexibility index (Phi) is 7.44. The number of carboxylic acid groups (broad SMARTS) is 1. The Balaban J connectivity index is 0.000000383. The molecule has 0 amide bonds. The Morgan fingerprint density at radius 1 is 1.30 bits per heavy atom. The Morgan fingerprint density at radius 2 is 2.03 bits per heavy atom.